The van der Waals surface area contributed by atoms with Crippen LogP contribution in [0.4, 0.5) is 0 Å². The summed E-state index contributed by atoms with van der Waals surface area (Å²) in [5, 5.41) is 20.9. The zero-order valence-corrected chi connectivity index (χ0v) is 24.6. The standard InChI is InChI=1S/C37H36O6/c1-3-5-11-24-22(17-19-30-32(24)34(36(38)39)26-13-7-9-15-28(26)42-30)21-23-18-20-31-33(25(23)12-6-4-2)35(37(40)41)27-14-8-10-16-29(27)43-31/h7-10,13-20,34-35H,3-6,11-12,21H2,1-2H3,(H,38,39)(H,40,41). The zero-order chi connectivity index (χ0) is 30.1. The molecule has 0 spiro atoms. The molecule has 6 rings (SSSR count). The topological polar surface area (TPSA) is 93.1 Å². The number of hydrogen-bond donors (Lipinski definition) is 2. The Balaban J connectivity index is 1.50. The first-order valence-corrected chi connectivity index (χ1v) is 15.2. The lowest BCUT2D eigenvalue weighted by Gasteiger charge is -2.31. The lowest BCUT2D eigenvalue weighted by Crippen LogP contribution is -2.22. The highest BCUT2D eigenvalue weighted by atomic mass is 16.5. The Morgan fingerprint density at radius 1 is 0.605 bits per heavy atom. The molecule has 220 valence electrons. The molecule has 2 atom stereocenters. The minimum absolute atomic E-state index is 0.556. The second-order valence-corrected chi connectivity index (χ2v) is 11.4. The maximum atomic E-state index is 12.8. The maximum absolute atomic E-state index is 12.8. The Hall–Kier alpha value is -4.58. The lowest BCUT2D eigenvalue weighted by atomic mass is 9.78. The second kappa shape index (κ2) is 12.0. The van der Waals surface area contributed by atoms with Gasteiger partial charge in [0.05, 0.1) is 0 Å². The fourth-order valence-corrected chi connectivity index (χ4v) is 6.71. The highest BCUT2D eigenvalue weighted by Crippen LogP contribution is 2.49. The van der Waals surface area contributed by atoms with Crippen LogP contribution >= 0.6 is 0 Å². The largest absolute Gasteiger partial charge is 0.481 e. The Labute approximate surface area is 251 Å². The van der Waals surface area contributed by atoms with Crippen molar-refractivity contribution in [2.45, 2.75) is 70.6 Å². The van der Waals surface area contributed by atoms with Crippen LogP contribution in [0.5, 0.6) is 23.0 Å². The van der Waals surface area contributed by atoms with Crippen LogP contribution in [0, 0.1) is 0 Å². The van der Waals surface area contributed by atoms with Gasteiger partial charge in [-0.2, -0.15) is 0 Å². The molecule has 6 nitrogen and oxygen atoms in total. The van der Waals surface area contributed by atoms with E-state index in [9.17, 15) is 19.8 Å². The summed E-state index contributed by atoms with van der Waals surface area (Å²) in [6, 6.07) is 22.6. The number of benzene rings is 4. The van der Waals surface area contributed by atoms with E-state index in [0.29, 0.717) is 40.5 Å². The van der Waals surface area contributed by atoms with Crippen LogP contribution in [0.2, 0.25) is 0 Å². The van der Waals surface area contributed by atoms with Crippen molar-refractivity contribution < 1.29 is 29.3 Å². The van der Waals surface area contributed by atoms with E-state index in [1.165, 1.54) is 0 Å². The summed E-state index contributed by atoms with van der Waals surface area (Å²) in [5.41, 5.74) is 6.89. The summed E-state index contributed by atoms with van der Waals surface area (Å²) in [6.07, 6.45) is 5.78. The molecule has 0 aromatic heterocycles. The van der Waals surface area contributed by atoms with Crippen LogP contribution in [0.3, 0.4) is 0 Å². The molecule has 4 aromatic rings. The number of aliphatic carboxylic acids is 2. The van der Waals surface area contributed by atoms with E-state index < -0.39 is 23.8 Å². The van der Waals surface area contributed by atoms with E-state index in [0.717, 1.165) is 71.9 Å². The molecule has 2 unspecified atom stereocenters. The highest BCUT2D eigenvalue weighted by molar-refractivity contribution is 5.86. The first-order valence-electron chi connectivity index (χ1n) is 15.2. The SMILES string of the molecule is CCCCc1c(Cc2ccc3c(c2CCCC)C(C(=O)O)c2ccccc2O3)ccc2c1C(C(=O)O)c1ccccc1O2. The number of carboxylic acid groups (broad SMARTS) is 2. The third-order valence-corrected chi connectivity index (χ3v) is 8.74. The van der Waals surface area contributed by atoms with Crippen molar-refractivity contribution >= 4 is 11.9 Å². The van der Waals surface area contributed by atoms with Gasteiger partial charge in [0.2, 0.25) is 0 Å². The van der Waals surface area contributed by atoms with Crippen LogP contribution in [-0.2, 0) is 28.9 Å². The molecule has 0 saturated carbocycles. The van der Waals surface area contributed by atoms with Crippen molar-refractivity contribution in [1.29, 1.82) is 0 Å². The van der Waals surface area contributed by atoms with Crippen LogP contribution in [0.25, 0.3) is 0 Å². The van der Waals surface area contributed by atoms with Gasteiger partial charge in [0, 0.05) is 22.3 Å². The first kappa shape index (κ1) is 28.5. The summed E-state index contributed by atoms with van der Waals surface area (Å²) in [5.74, 6) is -1.11. The van der Waals surface area contributed by atoms with E-state index in [4.69, 9.17) is 9.47 Å². The molecular weight excluding hydrogens is 540 g/mol. The van der Waals surface area contributed by atoms with E-state index in [-0.39, 0.29) is 0 Å². The van der Waals surface area contributed by atoms with Crippen molar-refractivity contribution in [3.8, 4) is 23.0 Å². The normalized spacial score (nSPS) is 16.1. The smallest absolute Gasteiger partial charge is 0.315 e. The van der Waals surface area contributed by atoms with Crippen molar-refractivity contribution in [2.24, 2.45) is 0 Å². The van der Waals surface area contributed by atoms with Gasteiger partial charge in [-0.25, -0.2) is 0 Å². The summed E-state index contributed by atoms with van der Waals surface area (Å²) < 4.78 is 12.5. The Bertz CT molecular complexity index is 1580. The zero-order valence-electron chi connectivity index (χ0n) is 24.6. The van der Waals surface area contributed by atoms with E-state index >= 15 is 0 Å². The number of carboxylic acids is 2. The van der Waals surface area contributed by atoms with Crippen molar-refractivity contribution in [3.63, 3.8) is 0 Å². The van der Waals surface area contributed by atoms with E-state index in [2.05, 4.69) is 26.0 Å². The fraction of sp³-hybridized carbons (Fsp3) is 0.297. The molecule has 0 saturated heterocycles. The Morgan fingerprint density at radius 3 is 1.42 bits per heavy atom. The minimum Gasteiger partial charge on any atom is -0.481 e. The van der Waals surface area contributed by atoms with Gasteiger partial charge in [-0.05, 0) is 78.6 Å². The molecule has 0 radical (unpaired) electrons. The third kappa shape index (κ3) is 5.16. The Kier molecular flexibility index (Phi) is 7.94. The van der Waals surface area contributed by atoms with Crippen LogP contribution in [0.15, 0.2) is 72.8 Å². The van der Waals surface area contributed by atoms with Gasteiger partial charge in [0.25, 0.3) is 0 Å². The third-order valence-electron chi connectivity index (χ3n) is 8.74. The fourth-order valence-electron chi connectivity index (χ4n) is 6.71. The summed E-state index contributed by atoms with van der Waals surface area (Å²) >= 11 is 0. The quantitative estimate of drug-likeness (QED) is 0.196. The molecule has 43 heavy (non-hydrogen) atoms. The summed E-state index contributed by atoms with van der Waals surface area (Å²) in [4.78, 5) is 25.6. The van der Waals surface area contributed by atoms with Crippen LogP contribution < -0.4 is 9.47 Å². The van der Waals surface area contributed by atoms with Crippen molar-refractivity contribution in [3.05, 3.63) is 117 Å². The predicted molar refractivity (Wildman–Crippen MR) is 165 cm³/mol. The number of carbonyl (C=O) groups is 2. The molecule has 2 heterocycles. The number of hydrogen-bond acceptors (Lipinski definition) is 4. The summed E-state index contributed by atoms with van der Waals surface area (Å²) in [6.45, 7) is 4.26. The van der Waals surface area contributed by atoms with Gasteiger partial charge in [-0.3, -0.25) is 9.59 Å². The van der Waals surface area contributed by atoms with Crippen LogP contribution in [-0.4, -0.2) is 22.2 Å². The van der Waals surface area contributed by atoms with Gasteiger partial charge in [0.1, 0.15) is 34.8 Å². The van der Waals surface area contributed by atoms with Crippen LogP contribution in [0.1, 0.15) is 95.9 Å². The second-order valence-electron chi connectivity index (χ2n) is 11.4. The molecule has 2 N–H and O–H groups in total. The minimum atomic E-state index is -0.899. The van der Waals surface area contributed by atoms with Gasteiger partial charge < -0.3 is 19.7 Å². The number of unbranched alkanes of at least 4 members (excludes halogenated alkanes) is 2. The number of ether oxygens (including phenoxy) is 2. The number of fused-ring (bicyclic) bond motifs is 4. The van der Waals surface area contributed by atoms with E-state index in [1.807, 2.05) is 60.7 Å². The number of rotatable bonds is 10. The molecule has 0 amide bonds. The predicted octanol–water partition coefficient (Wildman–Crippen LogP) is 8.61. The maximum Gasteiger partial charge on any atom is 0.315 e. The van der Waals surface area contributed by atoms with Crippen molar-refractivity contribution in [1.82, 2.24) is 0 Å². The lowest BCUT2D eigenvalue weighted by molar-refractivity contribution is -0.138. The average Bonchev–Trinajstić information content (AvgIpc) is 3.01. The molecular formula is C37H36O6. The van der Waals surface area contributed by atoms with E-state index in [1.54, 1.807) is 0 Å². The van der Waals surface area contributed by atoms with Crippen molar-refractivity contribution in [2.75, 3.05) is 0 Å². The molecule has 0 aliphatic carbocycles. The monoisotopic (exact) mass is 576 g/mol. The molecule has 2 aliphatic heterocycles. The van der Waals surface area contributed by atoms with Gasteiger partial charge >= 0.3 is 11.9 Å². The number of para-hydroxylation sites is 2. The Morgan fingerprint density at radius 2 is 1.02 bits per heavy atom. The molecule has 2 aliphatic rings. The molecule has 6 heteroatoms. The average molecular weight is 577 g/mol. The summed E-state index contributed by atoms with van der Waals surface area (Å²) in [7, 11) is 0. The molecule has 4 aromatic carbocycles. The van der Waals surface area contributed by atoms with Gasteiger partial charge in [0.15, 0.2) is 0 Å². The van der Waals surface area contributed by atoms with Gasteiger partial charge in [-0.1, -0.05) is 75.2 Å². The highest BCUT2D eigenvalue weighted by Gasteiger charge is 2.37. The van der Waals surface area contributed by atoms with Gasteiger partial charge in [-0.15, -0.1) is 0 Å². The molecule has 0 fully saturated rings. The first-order chi connectivity index (χ1) is 20.9. The molecule has 0 bridgehead atoms.